The van der Waals surface area contributed by atoms with Gasteiger partial charge in [0, 0.05) is 18.0 Å². The van der Waals surface area contributed by atoms with Crippen LogP contribution in [0.4, 0.5) is 0 Å². The fraction of sp³-hybridized carbons (Fsp3) is 0.333. The van der Waals surface area contributed by atoms with Gasteiger partial charge in [-0.3, -0.25) is 0 Å². The number of hydrogen-bond donors (Lipinski definition) is 0. The second-order valence-corrected chi connectivity index (χ2v) is 3.17. The molecule has 3 heteroatoms. The summed E-state index contributed by atoms with van der Waals surface area (Å²) >= 11 is 0. The molecule has 12 heavy (non-hydrogen) atoms. The molecule has 3 nitrogen and oxygen atoms in total. The van der Waals surface area contributed by atoms with Gasteiger partial charge in [0.25, 0.3) is 0 Å². The zero-order valence-corrected chi connectivity index (χ0v) is 6.73. The van der Waals surface area contributed by atoms with Gasteiger partial charge in [-0.15, -0.1) is 0 Å². The summed E-state index contributed by atoms with van der Waals surface area (Å²) in [4.78, 5) is 10.7. The Morgan fingerprint density at radius 2 is 2.42 bits per heavy atom. The van der Waals surface area contributed by atoms with E-state index in [-0.39, 0.29) is 5.41 Å². The van der Waals surface area contributed by atoms with Crippen LogP contribution in [-0.2, 0) is 10.2 Å². The van der Waals surface area contributed by atoms with E-state index in [0.29, 0.717) is 0 Å². The zero-order valence-electron chi connectivity index (χ0n) is 6.73. The summed E-state index contributed by atoms with van der Waals surface area (Å²) in [6, 6.07) is 0. The summed E-state index contributed by atoms with van der Waals surface area (Å²) in [5.41, 5.74) is 0.804. The van der Waals surface area contributed by atoms with E-state index in [4.69, 9.17) is 0 Å². The molecule has 0 N–H and O–H groups in total. The van der Waals surface area contributed by atoms with Crippen molar-refractivity contribution in [2.75, 3.05) is 0 Å². The van der Waals surface area contributed by atoms with E-state index in [1.54, 1.807) is 17.1 Å². The second kappa shape index (κ2) is 2.30. The first-order valence-corrected chi connectivity index (χ1v) is 3.94. The fourth-order valence-corrected chi connectivity index (χ4v) is 1.30. The molecule has 0 unspecified atom stereocenters. The molecular weight excluding hydrogens is 152 g/mol. The van der Waals surface area contributed by atoms with Crippen LogP contribution < -0.4 is 0 Å². The molecule has 0 amide bonds. The Morgan fingerprint density at radius 3 is 2.83 bits per heavy atom. The van der Waals surface area contributed by atoms with Gasteiger partial charge in [0.2, 0.25) is 0 Å². The summed E-state index contributed by atoms with van der Waals surface area (Å²) in [7, 11) is 0. The van der Waals surface area contributed by atoms with Gasteiger partial charge >= 0.3 is 0 Å². The fourth-order valence-electron chi connectivity index (χ4n) is 1.30. The summed E-state index contributed by atoms with van der Waals surface area (Å²) in [6.45, 7) is 3.58. The lowest BCUT2D eigenvalue weighted by molar-refractivity contribution is -0.109. The standard InChI is InChI=1S/C9H10N2O/c1-2-11-6-8(5-10-11)9(7-12)3-4-9/h2,5-7H,1,3-4H2. The van der Waals surface area contributed by atoms with E-state index < -0.39 is 0 Å². The Morgan fingerprint density at radius 1 is 1.67 bits per heavy atom. The van der Waals surface area contributed by atoms with Gasteiger partial charge in [0.05, 0.1) is 11.6 Å². The van der Waals surface area contributed by atoms with Crippen molar-refractivity contribution < 1.29 is 4.79 Å². The van der Waals surface area contributed by atoms with E-state index in [2.05, 4.69) is 11.7 Å². The molecule has 1 fully saturated rings. The Kier molecular flexibility index (Phi) is 1.40. The first-order chi connectivity index (χ1) is 5.80. The van der Waals surface area contributed by atoms with Gasteiger partial charge < -0.3 is 4.79 Å². The van der Waals surface area contributed by atoms with Crippen LogP contribution in [0.15, 0.2) is 19.0 Å². The maximum absolute atomic E-state index is 10.7. The molecule has 62 valence electrons. The van der Waals surface area contributed by atoms with Crippen LogP contribution in [0.25, 0.3) is 6.20 Å². The third-order valence-electron chi connectivity index (χ3n) is 2.38. The van der Waals surface area contributed by atoms with Crippen LogP contribution in [0, 0.1) is 0 Å². The predicted molar refractivity (Wildman–Crippen MR) is 45.6 cm³/mol. The van der Waals surface area contributed by atoms with E-state index >= 15 is 0 Å². The Bertz CT molecular complexity index is 323. The van der Waals surface area contributed by atoms with Crippen molar-refractivity contribution in [2.45, 2.75) is 18.3 Å². The van der Waals surface area contributed by atoms with E-state index in [1.165, 1.54) is 0 Å². The average molecular weight is 162 g/mol. The van der Waals surface area contributed by atoms with Gasteiger partial charge in [0.1, 0.15) is 6.29 Å². The van der Waals surface area contributed by atoms with Gasteiger partial charge in [-0.25, -0.2) is 4.68 Å². The summed E-state index contributed by atoms with van der Waals surface area (Å²) in [5, 5.41) is 4.03. The van der Waals surface area contributed by atoms with E-state index in [9.17, 15) is 4.79 Å². The minimum absolute atomic E-state index is 0.207. The highest BCUT2D eigenvalue weighted by Crippen LogP contribution is 2.45. The van der Waals surface area contributed by atoms with Crippen molar-refractivity contribution in [3.63, 3.8) is 0 Å². The molecule has 1 heterocycles. The minimum Gasteiger partial charge on any atom is -0.302 e. The number of carbonyl (C=O) groups is 1. The number of rotatable bonds is 3. The quantitative estimate of drug-likeness (QED) is 0.626. The molecule has 2 rings (SSSR count). The van der Waals surface area contributed by atoms with Crippen molar-refractivity contribution in [2.24, 2.45) is 0 Å². The third kappa shape index (κ3) is 0.897. The molecule has 0 aromatic carbocycles. The number of aromatic nitrogens is 2. The molecular formula is C9H10N2O. The van der Waals surface area contributed by atoms with Crippen molar-refractivity contribution in [3.05, 3.63) is 24.5 Å². The lowest BCUT2D eigenvalue weighted by Crippen LogP contribution is -2.05. The summed E-state index contributed by atoms with van der Waals surface area (Å²) in [6.07, 6.45) is 8.15. The van der Waals surface area contributed by atoms with Crippen molar-refractivity contribution in [3.8, 4) is 0 Å². The van der Waals surface area contributed by atoms with Crippen molar-refractivity contribution in [1.82, 2.24) is 9.78 Å². The lowest BCUT2D eigenvalue weighted by atomic mass is 10.0. The minimum atomic E-state index is -0.207. The van der Waals surface area contributed by atoms with Crippen LogP contribution in [0.3, 0.4) is 0 Å². The normalized spacial score (nSPS) is 18.7. The Hall–Kier alpha value is -1.38. The number of aldehydes is 1. The molecule has 1 saturated carbocycles. The van der Waals surface area contributed by atoms with Crippen LogP contribution in [0.1, 0.15) is 18.4 Å². The maximum Gasteiger partial charge on any atom is 0.130 e. The number of carbonyl (C=O) groups excluding carboxylic acids is 1. The molecule has 1 aromatic heterocycles. The second-order valence-electron chi connectivity index (χ2n) is 3.17. The van der Waals surface area contributed by atoms with Gasteiger partial charge in [-0.1, -0.05) is 6.58 Å². The Balaban J connectivity index is 2.34. The van der Waals surface area contributed by atoms with Gasteiger partial charge in [-0.2, -0.15) is 5.10 Å². The van der Waals surface area contributed by atoms with Crippen LogP contribution in [-0.4, -0.2) is 16.1 Å². The van der Waals surface area contributed by atoms with Crippen LogP contribution in [0.2, 0.25) is 0 Å². The molecule has 0 aliphatic heterocycles. The maximum atomic E-state index is 10.7. The lowest BCUT2D eigenvalue weighted by Gasteiger charge is -1.99. The van der Waals surface area contributed by atoms with E-state index in [1.807, 2.05) is 6.20 Å². The van der Waals surface area contributed by atoms with Crippen molar-refractivity contribution >= 4 is 12.5 Å². The first-order valence-electron chi connectivity index (χ1n) is 3.94. The molecule has 0 spiro atoms. The Labute approximate surface area is 70.7 Å². The summed E-state index contributed by atoms with van der Waals surface area (Å²) < 4.78 is 1.62. The van der Waals surface area contributed by atoms with Crippen LogP contribution in [0.5, 0.6) is 0 Å². The largest absolute Gasteiger partial charge is 0.302 e. The highest BCUT2D eigenvalue weighted by Gasteiger charge is 2.45. The predicted octanol–water partition coefficient (Wildman–Crippen LogP) is 1.21. The molecule has 0 radical (unpaired) electrons. The molecule has 1 aromatic rings. The average Bonchev–Trinajstić information content (AvgIpc) is 2.77. The molecule has 0 atom stereocenters. The van der Waals surface area contributed by atoms with Gasteiger partial charge in [0.15, 0.2) is 0 Å². The van der Waals surface area contributed by atoms with Crippen LogP contribution >= 0.6 is 0 Å². The molecule has 0 saturated heterocycles. The third-order valence-corrected chi connectivity index (χ3v) is 2.38. The molecule has 0 bridgehead atoms. The number of nitrogens with zero attached hydrogens (tertiary/aromatic N) is 2. The zero-order chi connectivity index (χ0) is 8.60. The van der Waals surface area contributed by atoms with E-state index in [0.717, 1.165) is 24.7 Å². The molecule has 1 aliphatic carbocycles. The van der Waals surface area contributed by atoms with Crippen molar-refractivity contribution in [1.29, 1.82) is 0 Å². The highest BCUT2D eigenvalue weighted by atomic mass is 16.1. The first kappa shape index (κ1) is 7.28. The summed E-state index contributed by atoms with van der Waals surface area (Å²) in [5.74, 6) is 0. The topological polar surface area (TPSA) is 34.9 Å². The molecule has 1 aliphatic rings. The smallest absolute Gasteiger partial charge is 0.130 e. The SMILES string of the molecule is C=Cn1cc(C2(C=O)CC2)cn1. The monoisotopic (exact) mass is 162 g/mol. The number of hydrogen-bond acceptors (Lipinski definition) is 2. The highest BCUT2D eigenvalue weighted by molar-refractivity contribution is 5.72. The van der Waals surface area contributed by atoms with Gasteiger partial charge in [-0.05, 0) is 12.8 Å².